The van der Waals surface area contributed by atoms with Gasteiger partial charge in [-0.25, -0.2) is 0 Å². The molecule has 0 bridgehead atoms. The molecule has 1 rings (SSSR count). The van der Waals surface area contributed by atoms with Crippen LogP contribution in [0.25, 0.3) is 0 Å². The maximum absolute atomic E-state index is 6.04. The molecule has 1 fully saturated rings. The van der Waals surface area contributed by atoms with Crippen molar-refractivity contribution < 1.29 is 4.74 Å². The number of hydrogen-bond donors (Lipinski definition) is 1. The van der Waals surface area contributed by atoms with E-state index in [4.69, 9.17) is 4.74 Å². The Morgan fingerprint density at radius 1 is 1.16 bits per heavy atom. The van der Waals surface area contributed by atoms with Crippen LogP contribution in [0.1, 0.15) is 67.2 Å². The summed E-state index contributed by atoms with van der Waals surface area (Å²) >= 11 is 0. The highest BCUT2D eigenvalue weighted by atomic mass is 16.5. The van der Waals surface area contributed by atoms with Gasteiger partial charge >= 0.3 is 0 Å². The average Bonchev–Trinajstić information content (AvgIpc) is 2.33. The van der Waals surface area contributed by atoms with E-state index >= 15 is 0 Å². The van der Waals surface area contributed by atoms with Crippen LogP contribution in [-0.2, 0) is 4.74 Å². The van der Waals surface area contributed by atoms with Crippen molar-refractivity contribution in [3.05, 3.63) is 0 Å². The lowest BCUT2D eigenvalue weighted by Crippen LogP contribution is -2.54. The molecule has 0 spiro atoms. The lowest BCUT2D eigenvalue weighted by atomic mass is 9.70. The summed E-state index contributed by atoms with van der Waals surface area (Å²) in [6.45, 7) is 15.6. The van der Waals surface area contributed by atoms with Crippen LogP contribution >= 0.6 is 0 Å². The van der Waals surface area contributed by atoms with Crippen LogP contribution in [0, 0.1) is 17.8 Å². The second kappa shape index (κ2) is 7.64. The molecule has 0 amide bonds. The van der Waals surface area contributed by atoms with Gasteiger partial charge in [-0.3, -0.25) is 0 Å². The van der Waals surface area contributed by atoms with Crippen LogP contribution < -0.4 is 5.32 Å². The topological polar surface area (TPSA) is 21.3 Å². The lowest BCUT2D eigenvalue weighted by Gasteiger charge is -2.44. The predicted octanol–water partition coefficient (Wildman–Crippen LogP) is 4.24. The van der Waals surface area contributed by atoms with E-state index in [1.165, 1.54) is 25.7 Å². The van der Waals surface area contributed by atoms with Gasteiger partial charge in [-0.1, -0.05) is 27.2 Å². The summed E-state index contributed by atoms with van der Waals surface area (Å²) in [5, 5.41) is 3.77. The van der Waals surface area contributed by atoms with E-state index in [-0.39, 0.29) is 5.60 Å². The summed E-state index contributed by atoms with van der Waals surface area (Å²) in [6.07, 6.45) is 5.26. The molecular weight excluding hydrogens is 234 g/mol. The molecule has 1 aliphatic rings. The Labute approximate surface area is 120 Å². The molecule has 0 aromatic carbocycles. The van der Waals surface area contributed by atoms with Crippen molar-refractivity contribution in [2.75, 3.05) is 13.2 Å². The number of hydrogen-bond acceptors (Lipinski definition) is 2. The fraction of sp³-hybridized carbons (Fsp3) is 1.00. The molecule has 1 saturated carbocycles. The van der Waals surface area contributed by atoms with Gasteiger partial charge in [0.15, 0.2) is 0 Å². The highest BCUT2D eigenvalue weighted by Crippen LogP contribution is 2.38. The SMILES string of the molecule is CCCNC(C1CCC(C)C(C)C1)C(C)(C)OCC. The van der Waals surface area contributed by atoms with Gasteiger partial charge in [-0.05, 0) is 64.3 Å². The maximum Gasteiger partial charge on any atom is 0.0781 e. The normalized spacial score (nSPS) is 30.3. The van der Waals surface area contributed by atoms with E-state index in [0.29, 0.717) is 6.04 Å². The molecule has 2 nitrogen and oxygen atoms in total. The van der Waals surface area contributed by atoms with Crippen molar-refractivity contribution in [3.63, 3.8) is 0 Å². The Balaban J connectivity index is 2.73. The first-order chi connectivity index (χ1) is 8.92. The number of ether oxygens (including phenoxy) is 1. The van der Waals surface area contributed by atoms with Crippen LogP contribution in [0.5, 0.6) is 0 Å². The van der Waals surface area contributed by atoms with Crippen molar-refractivity contribution in [1.82, 2.24) is 5.32 Å². The molecule has 0 aromatic rings. The lowest BCUT2D eigenvalue weighted by molar-refractivity contribution is -0.0613. The van der Waals surface area contributed by atoms with E-state index < -0.39 is 0 Å². The molecule has 2 heteroatoms. The van der Waals surface area contributed by atoms with Gasteiger partial charge in [0.25, 0.3) is 0 Å². The van der Waals surface area contributed by atoms with E-state index in [1.807, 2.05) is 0 Å². The molecule has 0 aromatic heterocycles. The highest BCUT2D eigenvalue weighted by Gasteiger charge is 2.38. The minimum Gasteiger partial charge on any atom is -0.374 e. The van der Waals surface area contributed by atoms with Gasteiger partial charge in [0.1, 0.15) is 0 Å². The summed E-state index contributed by atoms with van der Waals surface area (Å²) in [6, 6.07) is 0.488. The van der Waals surface area contributed by atoms with Gasteiger partial charge in [0, 0.05) is 12.6 Å². The Morgan fingerprint density at radius 2 is 1.84 bits per heavy atom. The standard InChI is InChI=1S/C17H35NO/c1-7-11-18-16(17(5,6)19-8-2)15-10-9-13(3)14(4)12-15/h13-16,18H,7-12H2,1-6H3. The maximum atomic E-state index is 6.04. The van der Waals surface area contributed by atoms with Crippen LogP contribution in [0.4, 0.5) is 0 Å². The zero-order valence-electron chi connectivity index (χ0n) is 14.0. The summed E-state index contributed by atoms with van der Waals surface area (Å²) in [4.78, 5) is 0. The van der Waals surface area contributed by atoms with E-state index in [1.54, 1.807) is 0 Å². The Morgan fingerprint density at radius 3 is 2.37 bits per heavy atom. The first-order valence-electron chi connectivity index (χ1n) is 8.29. The summed E-state index contributed by atoms with van der Waals surface area (Å²) in [5.74, 6) is 2.50. The summed E-state index contributed by atoms with van der Waals surface area (Å²) in [7, 11) is 0. The van der Waals surface area contributed by atoms with Crippen LogP contribution in [0.2, 0.25) is 0 Å². The molecule has 4 unspecified atom stereocenters. The molecule has 19 heavy (non-hydrogen) atoms. The fourth-order valence-corrected chi connectivity index (χ4v) is 3.63. The molecule has 0 aliphatic heterocycles. The largest absolute Gasteiger partial charge is 0.374 e. The minimum atomic E-state index is -0.0606. The predicted molar refractivity (Wildman–Crippen MR) is 83.5 cm³/mol. The first kappa shape index (κ1) is 17.0. The molecule has 0 saturated heterocycles. The first-order valence-corrected chi connectivity index (χ1v) is 8.29. The summed E-state index contributed by atoms with van der Waals surface area (Å²) in [5.41, 5.74) is -0.0606. The second-order valence-corrected chi connectivity index (χ2v) is 7.00. The third-order valence-corrected chi connectivity index (χ3v) is 4.99. The molecule has 1 aliphatic carbocycles. The van der Waals surface area contributed by atoms with E-state index in [2.05, 4.69) is 46.9 Å². The molecule has 114 valence electrons. The third kappa shape index (κ3) is 4.75. The Hall–Kier alpha value is -0.0800. The highest BCUT2D eigenvalue weighted by molar-refractivity contribution is 4.93. The molecule has 1 N–H and O–H groups in total. The monoisotopic (exact) mass is 269 g/mol. The van der Waals surface area contributed by atoms with Gasteiger partial charge < -0.3 is 10.1 Å². The van der Waals surface area contributed by atoms with Crippen molar-refractivity contribution >= 4 is 0 Å². The fourth-order valence-electron chi connectivity index (χ4n) is 3.63. The van der Waals surface area contributed by atoms with Crippen molar-refractivity contribution in [1.29, 1.82) is 0 Å². The van der Waals surface area contributed by atoms with Crippen LogP contribution in [0.3, 0.4) is 0 Å². The molecule has 0 radical (unpaired) electrons. The van der Waals surface area contributed by atoms with Gasteiger partial charge in [-0.2, -0.15) is 0 Å². The molecular formula is C17H35NO. The molecule has 0 heterocycles. The third-order valence-electron chi connectivity index (χ3n) is 4.99. The van der Waals surface area contributed by atoms with E-state index in [9.17, 15) is 0 Å². The smallest absolute Gasteiger partial charge is 0.0781 e. The Bertz CT molecular complexity index is 252. The van der Waals surface area contributed by atoms with Gasteiger partial charge in [-0.15, -0.1) is 0 Å². The quantitative estimate of drug-likeness (QED) is 0.746. The zero-order chi connectivity index (χ0) is 14.5. The van der Waals surface area contributed by atoms with Crippen LogP contribution in [-0.4, -0.2) is 24.8 Å². The minimum absolute atomic E-state index is 0.0606. The van der Waals surface area contributed by atoms with Gasteiger partial charge in [0.2, 0.25) is 0 Å². The Kier molecular flexibility index (Phi) is 6.82. The van der Waals surface area contributed by atoms with Crippen LogP contribution in [0.15, 0.2) is 0 Å². The van der Waals surface area contributed by atoms with Crippen molar-refractivity contribution in [3.8, 4) is 0 Å². The number of rotatable bonds is 7. The number of nitrogens with one attached hydrogen (secondary N) is 1. The second-order valence-electron chi connectivity index (χ2n) is 7.00. The van der Waals surface area contributed by atoms with Crippen molar-refractivity contribution in [2.45, 2.75) is 78.9 Å². The van der Waals surface area contributed by atoms with Crippen molar-refractivity contribution in [2.24, 2.45) is 17.8 Å². The average molecular weight is 269 g/mol. The van der Waals surface area contributed by atoms with Gasteiger partial charge in [0.05, 0.1) is 5.60 Å². The summed E-state index contributed by atoms with van der Waals surface area (Å²) < 4.78 is 6.04. The zero-order valence-corrected chi connectivity index (χ0v) is 14.0. The molecule has 4 atom stereocenters. The van der Waals surface area contributed by atoms with E-state index in [0.717, 1.165) is 30.9 Å².